The first-order chi connectivity index (χ1) is 5.69. The van der Waals surface area contributed by atoms with Crippen LogP contribution < -0.4 is 0 Å². The fourth-order valence-electron chi connectivity index (χ4n) is 1.27. The standard InChI is InChI=1S/C11H22ClN/c1-7-8-11(6,12)9(2)13-10(3,4)5/h7-8H2,1-6H3. The van der Waals surface area contributed by atoms with E-state index in [9.17, 15) is 0 Å². The predicted molar refractivity (Wildman–Crippen MR) is 62.0 cm³/mol. The highest BCUT2D eigenvalue weighted by molar-refractivity contribution is 6.35. The molecule has 0 N–H and O–H groups in total. The van der Waals surface area contributed by atoms with E-state index in [0.717, 1.165) is 18.6 Å². The van der Waals surface area contributed by atoms with Crippen LogP contribution in [0.15, 0.2) is 4.99 Å². The van der Waals surface area contributed by atoms with Crippen molar-refractivity contribution < 1.29 is 0 Å². The maximum atomic E-state index is 6.36. The fraction of sp³-hybridized carbons (Fsp3) is 0.909. The summed E-state index contributed by atoms with van der Waals surface area (Å²) >= 11 is 6.36. The van der Waals surface area contributed by atoms with Crippen LogP contribution in [0.3, 0.4) is 0 Å². The second-order valence-electron chi connectivity index (χ2n) is 4.82. The van der Waals surface area contributed by atoms with Crippen LogP contribution in [0.2, 0.25) is 0 Å². The Morgan fingerprint density at radius 3 is 2.00 bits per heavy atom. The van der Waals surface area contributed by atoms with Gasteiger partial charge in [-0.15, -0.1) is 11.6 Å². The average molecular weight is 204 g/mol. The largest absolute Gasteiger partial charge is 0.287 e. The molecule has 0 saturated heterocycles. The quantitative estimate of drug-likeness (QED) is 0.485. The zero-order valence-corrected chi connectivity index (χ0v) is 10.5. The van der Waals surface area contributed by atoms with E-state index in [1.807, 2.05) is 13.8 Å². The molecular formula is C11H22ClN. The summed E-state index contributed by atoms with van der Waals surface area (Å²) in [6.45, 7) is 12.5. The van der Waals surface area contributed by atoms with Crippen molar-refractivity contribution in [3.05, 3.63) is 0 Å². The number of hydrogen-bond acceptors (Lipinski definition) is 1. The van der Waals surface area contributed by atoms with E-state index < -0.39 is 0 Å². The first-order valence-corrected chi connectivity index (χ1v) is 5.32. The van der Waals surface area contributed by atoms with Crippen LogP contribution in [0, 0.1) is 0 Å². The molecule has 0 aliphatic heterocycles. The van der Waals surface area contributed by atoms with Crippen LogP contribution in [-0.2, 0) is 0 Å². The highest BCUT2D eigenvalue weighted by Crippen LogP contribution is 2.24. The van der Waals surface area contributed by atoms with E-state index in [-0.39, 0.29) is 10.4 Å². The Morgan fingerprint density at radius 1 is 1.23 bits per heavy atom. The number of rotatable bonds is 3. The van der Waals surface area contributed by atoms with Gasteiger partial charge >= 0.3 is 0 Å². The molecule has 0 aliphatic rings. The molecule has 0 aromatic rings. The minimum absolute atomic E-state index is 0.0199. The molecule has 1 nitrogen and oxygen atoms in total. The lowest BCUT2D eigenvalue weighted by Crippen LogP contribution is -2.29. The molecule has 0 fully saturated rings. The monoisotopic (exact) mass is 203 g/mol. The van der Waals surface area contributed by atoms with Crippen LogP contribution in [0.4, 0.5) is 0 Å². The molecule has 78 valence electrons. The molecule has 0 radical (unpaired) electrons. The number of nitrogens with zero attached hydrogens (tertiary/aromatic N) is 1. The Balaban J connectivity index is 4.57. The minimum atomic E-state index is -0.262. The Bertz CT molecular complexity index is 187. The number of alkyl halides is 1. The van der Waals surface area contributed by atoms with Gasteiger partial charge in [-0.1, -0.05) is 13.3 Å². The van der Waals surface area contributed by atoms with Crippen molar-refractivity contribution in [1.29, 1.82) is 0 Å². The van der Waals surface area contributed by atoms with E-state index in [1.165, 1.54) is 0 Å². The van der Waals surface area contributed by atoms with Crippen LogP contribution in [0.25, 0.3) is 0 Å². The summed E-state index contributed by atoms with van der Waals surface area (Å²) in [4.78, 5) is 4.32. The molecule has 0 saturated carbocycles. The molecule has 0 aliphatic carbocycles. The summed E-state index contributed by atoms with van der Waals surface area (Å²) in [5.41, 5.74) is 1.03. The molecular weight excluding hydrogens is 182 g/mol. The van der Waals surface area contributed by atoms with Gasteiger partial charge in [0.2, 0.25) is 0 Å². The smallest absolute Gasteiger partial charge is 0.0791 e. The van der Waals surface area contributed by atoms with Crippen molar-refractivity contribution in [2.45, 2.75) is 64.8 Å². The van der Waals surface area contributed by atoms with Gasteiger partial charge in [0.15, 0.2) is 0 Å². The SMILES string of the molecule is CCCC(C)(Cl)C(C)=NC(C)(C)C. The maximum Gasteiger partial charge on any atom is 0.0791 e. The van der Waals surface area contributed by atoms with Crippen molar-refractivity contribution >= 4 is 17.3 Å². The molecule has 0 rings (SSSR count). The first-order valence-electron chi connectivity index (χ1n) is 4.95. The zero-order valence-electron chi connectivity index (χ0n) is 9.74. The van der Waals surface area contributed by atoms with Crippen LogP contribution in [0.1, 0.15) is 54.4 Å². The lowest BCUT2D eigenvalue weighted by molar-refractivity contribution is 0.572. The fourth-order valence-corrected chi connectivity index (χ4v) is 1.50. The second kappa shape index (κ2) is 4.45. The Hall–Kier alpha value is -0.0400. The van der Waals surface area contributed by atoms with E-state index >= 15 is 0 Å². The normalized spacial score (nSPS) is 18.5. The van der Waals surface area contributed by atoms with Gasteiger partial charge in [-0.05, 0) is 41.0 Å². The van der Waals surface area contributed by atoms with Gasteiger partial charge in [0.05, 0.1) is 10.4 Å². The number of hydrogen-bond donors (Lipinski definition) is 0. The molecule has 1 atom stereocenters. The summed E-state index contributed by atoms with van der Waals surface area (Å²) in [6.07, 6.45) is 2.08. The summed E-state index contributed by atoms with van der Waals surface area (Å²) < 4.78 is 0. The van der Waals surface area contributed by atoms with Gasteiger partial charge in [0.1, 0.15) is 0 Å². The topological polar surface area (TPSA) is 12.4 Å². The van der Waals surface area contributed by atoms with Gasteiger partial charge in [0, 0.05) is 5.71 Å². The molecule has 13 heavy (non-hydrogen) atoms. The van der Waals surface area contributed by atoms with Gasteiger partial charge in [-0.2, -0.15) is 0 Å². The van der Waals surface area contributed by atoms with E-state index in [4.69, 9.17) is 11.6 Å². The highest BCUT2D eigenvalue weighted by atomic mass is 35.5. The summed E-state index contributed by atoms with van der Waals surface area (Å²) in [5.74, 6) is 0. The van der Waals surface area contributed by atoms with Crippen molar-refractivity contribution in [3.8, 4) is 0 Å². The molecule has 0 spiro atoms. The Morgan fingerprint density at radius 2 is 1.69 bits per heavy atom. The van der Waals surface area contributed by atoms with Gasteiger partial charge in [0.25, 0.3) is 0 Å². The molecule has 0 bridgehead atoms. The van der Waals surface area contributed by atoms with Crippen LogP contribution >= 0.6 is 11.6 Å². The third-order valence-electron chi connectivity index (χ3n) is 1.98. The molecule has 0 aromatic carbocycles. The van der Waals surface area contributed by atoms with Crippen molar-refractivity contribution in [2.24, 2.45) is 4.99 Å². The molecule has 1 unspecified atom stereocenters. The van der Waals surface area contributed by atoms with Crippen molar-refractivity contribution in [1.82, 2.24) is 0 Å². The van der Waals surface area contributed by atoms with E-state index in [0.29, 0.717) is 0 Å². The first kappa shape index (κ1) is 13.0. The zero-order chi connectivity index (χ0) is 10.7. The lowest BCUT2D eigenvalue weighted by Gasteiger charge is -2.24. The summed E-state index contributed by atoms with van der Waals surface area (Å²) in [7, 11) is 0. The molecule has 0 aromatic heterocycles. The van der Waals surface area contributed by atoms with Crippen LogP contribution in [0.5, 0.6) is 0 Å². The second-order valence-corrected chi connectivity index (χ2v) is 5.65. The Labute approximate surface area is 87.6 Å². The summed E-state index contributed by atoms with van der Waals surface area (Å²) in [5, 5.41) is 0. The number of aliphatic imine (C=N–C) groups is 1. The minimum Gasteiger partial charge on any atom is -0.287 e. The Kier molecular flexibility index (Phi) is 4.44. The predicted octanol–water partition coefficient (Wildman–Crippen LogP) is 4.04. The number of halogens is 1. The van der Waals surface area contributed by atoms with Crippen molar-refractivity contribution in [3.63, 3.8) is 0 Å². The molecule has 2 heteroatoms. The lowest BCUT2D eigenvalue weighted by atomic mass is 9.99. The van der Waals surface area contributed by atoms with Gasteiger partial charge < -0.3 is 0 Å². The average Bonchev–Trinajstić information content (AvgIpc) is 1.82. The van der Waals surface area contributed by atoms with E-state index in [2.05, 4.69) is 32.7 Å². The van der Waals surface area contributed by atoms with E-state index in [1.54, 1.807) is 0 Å². The third-order valence-corrected chi connectivity index (χ3v) is 2.44. The van der Waals surface area contributed by atoms with Gasteiger partial charge in [-0.25, -0.2) is 0 Å². The summed E-state index contributed by atoms with van der Waals surface area (Å²) in [6, 6.07) is 0. The maximum absolute atomic E-state index is 6.36. The molecule has 0 amide bonds. The highest BCUT2D eigenvalue weighted by Gasteiger charge is 2.24. The van der Waals surface area contributed by atoms with Gasteiger partial charge in [-0.3, -0.25) is 4.99 Å². The van der Waals surface area contributed by atoms with Crippen LogP contribution in [-0.4, -0.2) is 16.1 Å². The molecule has 0 heterocycles. The van der Waals surface area contributed by atoms with Crippen molar-refractivity contribution in [2.75, 3.05) is 0 Å². The third kappa shape index (κ3) is 5.30.